The van der Waals surface area contributed by atoms with Crippen LogP contribution in [0.1, 0.15) is 27.2 Å². The minimum absolute atomic E-state index is 0.208. The molecule has 0 aliphatic heterocycles. The van der Waals surface area contributed by atoms with Crippen molar-refractivity contribution in [2.45, 2.75) is 33.7 Å². The lowest BCUT2D eigenvalue weighted by molar-refractivity contribution is 0.299. The highest BCUT2D eigenvalue weighted by Gasteiger charge is 2.19. The lowest BCUT2D eigenvalue weighted by Crippen LogP contribution is -2.20. The number of aromatic nitrogens is 3. The van der Waals surface area contributed by atoms with E-state index in [4.69, 9.17) is 5.73 Å². The molecule has 2 aromatic heterocycles. The molecule has 0 aromatic carbocycles. The van der Waals surface area contributed by atoms with E-state index in [0.29, 0.717) is 5.95 Å². The summed E-state index contributed by atoms with van der Waals surface area (Å²) in [7, 11) is 0. The Morgan fingerprint density at radius 1 is 1.44 bits per heavy atom. The van der Waals surface area contributed by atoms with E-state index < -0.39 is 0 Å². The molecule has 0 aliphatic carbocycles. The molecule has 2 heterocycles. The highest BCUT2D eigenvalue weighted by atomic mass is 15.2. The molecule has 2 rings (SSSR count). The number of nitrogens with zero attached hydrogens (tertiary/aromatic N) is 3. The Morgan fingerprint density at radius 2 is 2.19 bits per heavy atom. The Kier molecular flexibility index (Phi) is 2.58. The monoisotopic (exact) mass is 218 g/mol. The van der Waals surface area contributed by atoms with Crippen molar-refractivity contribution in [3.63, 3.8) is 0 Å². The third-order valence-corrected chi connectivity index (χ3v) is 3.08. The second-order valence-corrected chi connectivity index (χ2v) is 4.92. The van der Waals surface area contributed by atoms with Crippen LogP contribution >= 0.6 is 0 Å². The second kappa shape index (κ2) is 3.77. The van der Waals surface area contributed by atoms with Gasteiger partial charge in [0.25, 0.3) is 0 Å². The van der Waals surface area contributed by atoms with Crippen molar-refractivity contribution in [3.8, 4) is 0 Å². The van der Waals surface area contributed by atoms with E-state index in [1.807, 2.05) is 16.7 Å². The van der Waals surface area contributed by atoms with Crippen LogP contribution < -0.4 is 5.73 Å². The van der Waals surface area contributed by atoms with Crippen LogP contribution in [0.3, 0.4) is 0 Å². The third-order valence-electron chi connectivity index (χ3n) is 3.08. The minimum Gasteiger partial charge on any atom is -0.369 e. The summed E-state index contributed by atoms with van der Waals surface area (Å²) >= 11 is 0. The molecule has 0 atom stereocenters. The Hall–Kier alpha value is -1.58. The van der Waals surface area contributed by atoms with Gasteiger partial charge >= 0.3 is 0 Å². The molecule has 0 unspecified atom stereocenters. The molecular weight excluding hydrogens is 200 g/mol. The summed E-state index contributed by atoms with van der Waals surface area (Å²) in [6.07, 6.45) is 2.87. The van der Waals surface area contributed by atoms with Crippen LogP contribution in [0.5, 0.6) is 0 Å². The van der Waals surface area contributed by atoms with Crippen molar-refractivity contribution in [1.29, 1.82) is 0 Å². The van der Waals surface area contributed by atoms with E-state index in [2.05, 4.69) is 30.7 Å². The number of imidazole rings is 1. The van der Waals surface area contributed by atoms with E-state index in [1.165, 1.54) is 0 Å². The highest BCUT2D eigenvalue weighted by molar-refractivity contribution is 5.73. The van der Waals surface area contributed by atoms with Gasteiger partial charge in [-0.3, -0.25) is 4.57 Å². The van der Waals surface area contributed by atoms with Gasteiger partial charge in [-0.25, -0.2) is 9.97 Å². The summed E-state index contributed by atoms with van der Waals surface area (Å²) in [5.74, 6) is 0.551. The van der Waals surface area contributed by atoms with Gasteiger partial charge in [-0.05, 0) is 24.0 Å². The molecule has 4 heteroatoms. The summed E-state index contributed by atoms with van der Waals surface area (Å²) in [6, 6.07) is 3.82. The standard InChI is InChI=1S/C12H18N4/c1-4-12(2,3)8-16-10-9(15-11(16)13)6-5-7-14-10/h5-7H,4,8H2,1-3H3,(H2,13,15). The molecule has 0 radical (unpaired) electrons. The van der Waals surface area contributed by atoms with Gasteiger partial charge in [-0.15, -0.1) is 0 Å². The van der Waals surface area contributed by atoms with Crippen LogP contribution in [-0.4, -0.2) is 14.5 Å². The molecule has 0 aliphatic rings. The fourth-order valence-corrected chi connectivity index (χ4v) is 1.67. The zero-order valence-corrected chi connectivity index (χ0v) is 10.1. The molecule has 0 saturated heterocycles. The number of hydrogen-bond donors (Lipinski definition) is 1. The predicted molar refractivity (Wildman–Crippen MR) is 66.0 cm³/mol. The van der Waals surface area contributed by atoms with Gasteiger partial charge < -0.3 is 5.73 Å². The first-order valence-electron chi connectivity index (χ1n) is 5.60. The van der Waals surface area contributed by atoms with Crippen LogP contribution in [0.2, 0.25) is 0 Å². The van der Waals surface area contributed by atoms with E-state index in [9.17, 15) is 0 Å². The van der Waals surface area contributed by atoms with E-state index in [0.717, 1.165) is 24.1 Å². The van der Waals surface area contributed by atoms with Gasteiger partial charge in [0, 0.05) is 12.7 Å². The third kappa shape index (κ3) is 1.87. The number of hydrogen-bond acceptors (Lipinski definition) is 3. The molecular formula is C12H18N4. The molecule has 0 bridgehead atoms. The summed E-state index contributed by atoms with van der Waals surface area (Å²) in [6.45, 7) is 7.48. The quantitative estimate of drug-likeness (QED) is 0.860. The van der Waals surface area contributed by atoms with Gasteiger partial charge in [0.05, 0.1) is 0 Å². The molecule has 86 valence electrons. The first-order chi connectivity index (χ1) is 7.53. The Morgan fingerprint density at radius 3 is 2.88 bits per heavy atom. The average Bonchev–Trinajstić information content (AvgIpc) is 2.56. The largest absolute Gasteiger partial charge is 0.369 e. The van der Waals surface area contributed by atoms with E-state index in [-0.39, 0.29) is 5.41 Å². The molecule has 16 heavy (non-hydrogen) atoms. The molecule has 2 aromatic rings. The van der Waals surface area contributed by atoms with Crippen molar-refractivity contribution in [3.05, 3.63) is 18.3 Å². The van der Waals surface area contributed by atoms with Crippen molar-refractivity contribution in [2.24, 2.45) is 5.41 Å². The Balaban J connectivity index is 2.47. The van der Waals surface area contributed by atoms with Crippen molar-refractivity contribution < 1.29 is 0 Å². The number of anilines is 1. The highest BCUT2D eigenvalue weighted by Crippen LogP contribution is 2.26. The molecule has 0 spiro atoms. The van der Waals surface area contributed by atoms with Crippen molar-refractivity contribution in [2.75, 3.05) is 5.73 Å². The molecule has 0 fully saturated rings. The van der Waals surface area contributed by atoms with Crippen LogP contribution in [0.4, 0.5) is 5.95 Å². The Bertz CT molecular complexity index is 499. The zero-order valence-electron chi connectivity index (χ0n) is 10.1. The summed E-state index contributed by atoms with van der Waals surface area (Å²) < 4.78 is 2.00. The molecule has 4 nitrogen and oxygen atoms in total. The fraction of sp³-hybridized carbons (Fsp3) is 0.500. The lowest BCUT2D eigenvalue weighted by atomic mass is 9.90. The lowest BCUT2D eigenvalue weighted by Gasteiger charge is -2.23. The average molecular weight is 218 g/mol. The molecule has 0 amide bonds. The number of rotatable bonds is 3. The number of nitrogen functional groups attached to an aromatic ring is 1. The molecule has 0 saturated carbocycles. The van der Waals surface area contributed by atoms with Gasteiger partial charge in [-0.1, -0.05) is 20.8 Å². The van der Waals surface area contributed by atoms with Gasteiger partial charge in [0.15, 0.2) is 5.65 Å². The second-order valence-electron chi connectivity index (χ2n) is 4.92. The smallest absolute Gasteiger partial charge is 0.202 e. The maximum Gasteiger partial charge on any atom is 0.202 e. The maximum absolute atomic E-state index is 5.93. The predicted octanol–water partition coefficient (Wildman–Crippen LogP) is 2.45. The molecule has 2 N–H and O–H groups in total. The summed E-state index contributed by atoms with van der Waals surface area (Å²) in [5, 5.41) is 0. The van der Waals surface area contributed by atoms with Crippen molar-refractivity contribution >= 4 is 17.1 Å². The van der Waals surface area contributed by atoms with Gasteiger partial charge in [0.2, 0.25) is 5.95 Å². The summed E-state index contributed by atoms with van der Waals surface area (Å²) in [5.41, 5.74) is 7.88. The normalized spacial score (nSPS) is 12.2. The van der Waals surface area contributed by atoms with Crippen LogP contribution in [0.25, 0.3) is 11.2 Å². The van der Waals surface area contributed by atoms with Crippen LogP contribution in [-0.2, 0) is 6.54 Å². The van der Waals surface area contributed by atoms with Crippen LogP contribution in [0, 0.1) is 5.41 Å². The Labute approximate surface area is 95.5 Å². The SMILES string of the molecule is CCC(C)(C)Cn1c(N)nc2cccnc21. The zero-order chi connectivity index (χ0) is 11.8. The van der Waals surface area contributed by atoms with Gasteiger partial charge in [-0.2, -0.15) is 0 Å². The maximum atomic E-state index is 5.93. The van der Waals surface area contributed by atoms with E-state index in [1.54, 1.807) is 6.20 Å². The summed E-state index contributed by atoms with van der Waals surface area (Å²) in [4.78, 5) is 8.65. The number of fused-ring (bicyclic) bond motifs is 1. The first-order valence-corrected chi connectivity index (χ1v) is 5.60. The van der Waals surface area contributed by atoms with Crippen LogP contribution in [0.15, 0.2) is 18.3 Å². The van der Waals surface area contributed by atoms with Crippen molar-refractivity contribution in [1.82, 2.24) is 14.5 Å². The van der Waals surface area contributed by atoms with Gasteiger partial charge in [0.1, 0.15) is 5.52 Å². The topological polar surface area (TPSA) is 56.7 Å². The fourth-order valence-electron chi connectivity index (χ4n) is 1.67. The number of nitrogens with two attached hydrogens (primary N) is 1. The van der Waals surface area contributed by atoms with E-state index >= 15 is 0 Å². The first kappa shape index (κ1) is 10.9. The minimum atomic E-state index is 0.208. The number of pyridine rings is 1.